The molecule has 0 atom stereocenters. The van der Waals surface area contributed by atoms with Gasteiger partial charge in [0.2, 0.25) is 0 Å². The summed E-state index contributed by atoms with van der Waals surface area (Å²) < 4.78 is 0. The average Bonchev–Trinajstić information content (AvgIpc) is 2.31. The minimum Gasteiger partial charge on any atom is -0.388 e. The summed E-state index contributed by atoms with van der Waals surface area (Å²) in [5, 5.41) is 3.11. The van der Waals surface area contributed by atoms with Gasteiger partial charge in [-0.25, -0.2) is 0 Å². The van der Waals surface area contributed by atoms with Crippen molar-refractivity contribution in [2.45, 2.75) is 13.3 Å². The van der Waals surface area contributed by atoms with Gasteiger partial charge in [0.25, 0.3) is 0 Å². The second kappa shape index (κ2) is 6.67. The predicted octanol–water partition coefficient (Wildman–Crippen LogP) is 3.96. The minimum atomic E-state index is 0.945. The minimum absolute atomic E-state index is 0.945. The molecule has 0 bridgehead atoms. The number of benzene rings is 1. The lowest BCUT2D eigenvalue weighted by Gasteiger charge is -2.04. The van der Waals surface area contributed by atoms with Crippen LogP contribution in [-0.2, 0) is 6.42 Å². The summed E-state index contributed by atoms with van der Waals surface area (Å²) in [5.74, 6) is 0. The zero-order valence-corrected chi connectivity index (χ0v) is 10.0. The second-order valence-electron chi connectivity index (χ2n) is 3.60. The highest BCUT2D eigenvalue weighted by atomic mass is 14.8. The van der Waals surface area contributed by atoms with Crippen LogP contribution in [0.3, 0.4) is 0 Å². The first kappa shape index (κ1) is 12.3. The largest absolute Gasteiger partial charge is 0.388 e. The van der Waals surface area contributed by atoms with Crippen molar-refractivity contribution in [2.24, 2.45) is 0 Å². The molecule has 0 amide bonds. The molecule has 0 aromatic heterocycles. The summed E-state index contributed by atoms with van der Waals surface area (Å²) in [6.07, 6.45) is 8.99. The van der Waals surface area contributed by atoms with Gasteiger partial charge in [0.1, 0.15) is 0 Å². The van der Waals surface area contributed by atoms with E-state index in [1.807, 2.05) is 26.1 Å². The van der Waals surface area contributed by atoms with E-state index in [1.54, 1.807) is 0 Å². The molecule has 0 heterocycles. The number of nitrogens with one attached hydrogen (secondary N) is 1. The van der Waals surface area contributed by atoms with E-state index >= 15 is 0 Å². The maximum Gasteiger partial charge on any atom is 0.0337 e. The molecule has 0 fully saturated rings. The fourth-order valence-electron chi connectivity index (χ4n) is 1.56. The van der Waals surface area contributed by atoms with Crippen molar-refractivity contribution in [2.75, 3.05) is 12.4 Å². The quantitative estimate of drug-likeness (QED) is 0.730. The van der Waals surface area contributed by atoms with Crippen molar-refractivity contribution in [1.29, 1.82) is 0 Å². The van der Waals surface area contributed by atoms with E-state index in [-0.39, 0.29) is 0 Å². The van der Waals surface area contributed by atoms with Gasteiger partial charge >= 0.3 is 0 Å². The third kappa shape index (κ3) is 3.77. The molecule has 0 spiro atoms. The molecule has 16 heavy (non-hydrogen) atoms. The van der Waals surface area contributed by atoms with Crippen LogP contribution in [0.15, 0.2) is 60.7 Å². The Morgan fingerprint density at radius 1 is 1.31 bits per heavy atom. The van der Waals surface area contributed by atoms with Crippen molar-refractivity contribution in [3.8, 4) is 0 Å². The van der Waals surface area contributed by atoms with Crippen molar-refractivity contribution >= 4 is 5.69 Å². The molecular weight excluding hydrogens is 194 g/mol. The van der Waals surface area contributed by atoms with Crippen LogP contribution in [0.4, 0.5) is 5.69 Å². The lowest BCUT2D eigenvalue weighted by atomic mass is 10.0. The first-order chi connectivity index (χ1) is 7.80. The first-order valence-corrected chi connectivity index (χ1v) is 5.51. The Morgan fingerprint density at radius 3 is 2.50 bits per heavy atom. The van der Waals surface area contributed by atoms with Crippen LogP contribution in [0.25, 0.3) is 0 Å². The van der Waals surface area contributed by atoms with Gasteiger partial charge in [-0.15, -0.1) is 0 Å². The highest BCUT2D eigenvalue weighted by molar-refractivity contribution is 5.45. The molecule has 1 N–H and O–H groups in total. The molecular formula is C15H19N. The molecule has 1 rings (SSSR count). The zero-order chi connectivity index (χ0) is 11.8. The van der Waals surface area contributed by atoms with E-state index in [0.29, 0.717) is 0 Å². The van der Waals surface area contributed by atoms with Crippen LogP contribution in [0, 0.1) is 0 Å². The molecule has 84 valence electrons. The zero-order valence-electron chi connectivity index (χ0n) is 10.0. The molecule has 1 nitrogen and oxygen atoms in total. The monoisotopic (exact) mass is 213 g/mol. The molecule has 0 saturated heterocycles. The van der Waals surface area contributed by atoms with Crippen LogP contribution in [0.2, 0.25) is 0 Å². The Bertz CT molecular complexity index is 382. The Morgan fingerprint density at radius 2 is 2.00 bits per heavy atom. The van der Waals surface area contributed by atoms with Crippen LogP contribution in [-0.4, -0.2) is 7.05 Å². The van der Waals surface area contributed by atoms with Crippen LogP contribution >= 0.6 is 0 Å². The number of allylic oxidation sites excluding steroid dienone is 5. The molecule has 0 aliphatic carbocycles. The van der Waals surface area contributed by atoms with Gasteiger partial charge in [-0.2, -0.15) is 0 Å². The number of hydrogen-bond donors (Lipinski definition) is 1. The lowest BCUT2D eigenvalue weighted by Crippen LogP contribution is -1.90. The van der Waals surface area contributed by atoms with Crippen LogP contribution < -0.4 is 5.32 Å². The fourth-order valence-corrected chi connectivity index (χ4v) is 1.56. The second-order valence-corrected chi connectivity index (χ2v) is 3.60. The van der Waals surface area contributed by atoms with E-state index < -0.39 is 0 Å². The summed E-state index contributed by atoms with van der Waals surface area (Å²) >= 11 is 0. The maximum absolute atomic E-state index is 3.73. The Balaban J connectivity index is 2.77. The summed E-state index contributed by atoms with van der Waals surface area (Å²) in [4.78, 5) is 0. The number of rotatable bonds is 5. The summed E-state index contributed by atoms with van der Waals surface area (Å²) in [6.45, 7) is 5.76. The van der Waals surface area contributed by atoms with E-state index in [4.69, 9.17) is 0 Å². The highest BCUT2D eigenvalue weighted by Crippen LogP contribution is 2.13. The smallest absolute Gasteiger partial charge is 0.0337 e. The normalized spacial score (nSPS) is 11.8. The third-order valence-corrected chi connectivity index (χ3v) is 2.36. The molecule has 1 heteroatoms. The Labute approximate surface area is 98.2 Å². The molecule has 0 saturated carbocycles. The average molecular weight is 213 g/mol. The van der Waals surface area contributed by atoms with E-state index in [1.165, 1.54) is 11.1 Å². The van der Waals surface area contributed by atoms with Gasteiger partial charge in [-0.3, -0.25) is 0 Å². The van der Waals surface area contributed by atoms with Crippen LogP contribution in [0.5, 0.6) is 0 Å². The molecule has 0 aliphatic heterocycles. The van der Waals surface area contributed by atoms with E-state index in [0.717, 1.165) is 12.1 Å². The van der Waals surface area contributed by atoms with E-state index in [2.05, 4.69) is 48.3 Å². The fraction of sp³-hybridized carbons (Fsp3) is 0.200. The van der Waals surface area contributed by atoms with Crippen molar-refractivity contribution in [3.05, 3.63) is 66.3 Å². The lowest BCUT2D eigenvalue weighted by molar-refractivity contribution is 1.19. The number of anilines is 1. The van der Waals surface area contributed by atoms with Gasteiger partial charge < -0.3 is 5.32 Å². The highest BCUT2D eigenvalue weighted by Gasteiger charge is 1.96. The molecule has 1 aromatic rings. The Kier molecular flexibility index (Phi) is 5.13. The molecule has 1 aromatic carbocycles. The molecule has 0 radical (unpaired) electrons. The standard InChI is InChI=1S/C15H19N/c1-4-6-13(7-5-2)12-14-8-10-15(16-3)11-9-14/h4-11,16H,1,12H2,2-3H3/b7-5-,13-6+. The van der Waals surface area contributed by atoms with Gasteiger partial charge in [-0.1, -0.05) is 43.0 Å². The van der Waals surface area contributed by atoms with Crippen molar-refractivity contribution in [1.82, 2.24) is 0 Å². The number of hydrogen-bond acceptors (Lipinski definition) is 1. The van der Waals surface area contributed by atoms with Crippen molar-refractivity contribution < 1.29 is 0 Å². The third-order valence-electron chi connectivity index (χ3n) is 2.36. The summed E-state index contributed by atoms with van der Waals surface area (Å²) in [7, 11) is 1.93. The topological polar surface area (TPSA) is 12.0 Å². The van der Waals surface area contributed by atoms with Crippen molar-refractivity contribution in [3.63, 3.8) is 0 Å². The van der Waals surface area contributed by atoms with Gasteiger partial charge in [-0.05, 0) is 36.6 Å². The maximum atomic E-state index is 3.73. The Hall–Kier alpha value is -1.76. The SMILES string of the molecule is C=C/C=C(\C=C/C)Cc1ccc(NC)cc1. The van der Waals surface area contributed by atoms with Gasteiger partial charge in [0, 0.05) is 12.7 Å². The van der Waals surface area contributed by atoms with Gasteiger partial charge in [0.05, 0.1) is 0 Å². The summed E-state index contributed by atoms with van der Waals surface area (Å²) in [6, 6.07) is 8.48. The first-order valence-electron chi connectivity index (χ1n) is 5.51. The summed E-state index contributed by atoms with van der Waals surface area (Å²) in [5.41, 5.74) is 3.73. The predicted molar refractivity (Wildman–Crippen MR) is 72.8 cm³/mol. The molecule has 0 aliphatic rings. The van der Waals surface area contributed by atoms with Gasteiger partial charge in [0.15, 0.2) is 0 Å². The van der Waals surface area contributed by atoms with Crippen LogP contribution in [0.1, 0.15) is 12.5 Å². The molecule has 0 unspecified atom stereocenters. The van der Waals surface area contributed by atoms with E-state index in [9.17, 15) is 0 Å².